The minimum absolute atomic E-state index is 0.504. The maximum atomic E-state index is 6.26. The van der Waals surface area contributed by atoms with Gasteiger partial charge in [-0.05, 0) is 30.9 Å². The average molecular weight is 403 g/mol. The van der Waals surface area contributed by atoms with Gasteiger partial charge in [-0.2, -0.15) is 0 Å². The van der Waals surface area contributed by atoms with E-state index >= 15 is 0 Å². The van der Waals surface area contributed by atoms with Crippen molar-refractivity contribution in [2.75, 3.05) is 18.9 Å². The lowest BCUT2D eigenvalue weighted by Gasteiger charge is -2.11. The maximum absolute atomic E-state index is 6.26. The van der Waals surface area contributed by atoms with Gasteiger partial charge in [0, 0.05) is 25.0 Å². The minimum atomic E-state index is 0.504. The molecular formula is C25H30N4O. The quantitative estimate of drug-likeness (QED) is 0.372. The molecule has 0 aliphatic rings. The van der Waals surface area contributed by atoms with E-state index in [9.17, 15) is 0 Å². The van der Waals surface area contributed by atoms with E-state index in [4.69, 9.17) is 15.5 Å². The molecule has 0 aliphatic heterocycles. The monoisotopic (exact) mass is 402 g/mol. The fraction of sp³-hybridized carbons (Fsp3) is 0.360. The first kappa shape index (κ1) is 20.4. The number of fused-ring (bicyclic) bond motifs is 3. The molecule has 0 aliphatic carbocycles. The van der Waals surface area contributed by atoms with Crippen molar-refractivity contribution in [3.05, 3.63) is 66.0 Å². The number of nitrogens with zero attached hydrogens (tertiary/aromatic N) is 3. The normalized spacial score (nSPS) is 11.5. The van der Waals surface area contributed by atoms with Gasteiger partial charge in [0.05, 0.1) is 17.6 Å². The third-order valence-corrected chi connectivity index (χ3v) is 5.50. The summed E-state index contributed by atoms with van der Waals surface area (Å²) in [6.07, 6.45) is 5.24. The van der Waals surface area contributed by atoms with Crippen LogP contribution in [-0.2, 0) is 24.1 Å². The van der Waals surface area contributed by atoms with E-state index in [1.54, 1.807) is 0 Å². The van der Waals surface area contributed by atoms with Crippen LogP contribution in [0.1, 0.15) is 37.6 Å². The second-order valence-electron chi connectivity index (χ2n) is 7.70. The summed E-state index contributed by atoms with van der Waals surface area (Å²) in [7, 11) is 0. The number of aromatic nitrogens is 3. The van der Waals surface area contributed by atoms with Crippen LogP contribution in [0.5, 0.6) is 0 Å². The number of aryl methyl sites for hydroxylation is 2. The molecule has 0 atom stereocenters. The Balaban J connectivity index is 1.49. The Hall–Kier alpha value is -2.92. The molecule has 2 heterocycles. The Morgan fingerprint density at radius 2 is 1.70 bits per heavy atom. The minimum Gasteiger partial charge on any atom is -0.382 e. The molecule has 156 valence electrons. The Morgan fingerprint density at radius 1 is 0.900 bits per heavy atom. The predicted molar refractivity (Wildman–Crippen MR) is 124 cm³/mol. The number of anilines is 1. The van der Waals surface area contributed by atoms with Gasteiger partial charge in [-0.3, -0.25) is 0 Å². The van der Waals surface area contributed by atoms with Gasteiger partial charge in [0.25, 0.3) is 0 Å². The zero-order chi connectivity index (χ0) is 20.8. The van der Waals surface area contributed by atoms with Crippen LogP contribution in [0.4, 0.5) is 5.82 Å². The zero-order valence-electron chi connectivity index (χ0n) is 17.7. The van der Waals surface area contributed by atoms with E-state index in [-0.39, 0.29) is 0 Å². The van der Waals surface area contributed by atoms with E-state index in [0.29, 0.717) is 12.4 Å². The van der Waals surface area contributed by atoms with Gasteiger partial charge in [-0.15, -0.1) is 0 Å². The molecule has 0 amide bonds. The van der Waals surface area contributed by atoms with E-state index in [0.717, 1.165) is 73.0 Å². The van der Waals surface area contributed by atoms with Gasteiger partial charge < -0.3 is 15.0 Å². The topological polar surface area (TPSA) is 66.0 Å². The molecule has 0 saturated heterocycles. The Labute approximate surface area is 177 Å². The van der Waals surface area contributed by atoms with E-state index < -0.39 is 0 Å². The molecule has 4 aromatic rings. The first-order valence-corrected chi connectivity index (χ1v) is 10.9. The van der Waals surface area contributed by atoms with Crippen LogP contribution in [0.3, 0.4) is 0 Å². The zero-order valence-corrected chi connectivity index (χ0v) is 17.7. The number of rotatable bonds is 10. The highest BCUT2D eigenvalue weighted by Crippen LogP contribution is 2.29. The smallest absolute Gasteiger partial charge is 0.152 e. The highest BCUT2D eigenvalue weighted by molar-refractivity contribution is 6.06. The molecule has 0 saturated carbocycles. The van der Waals surface area contributed by atoms with Crippen LogP contribution in [-0.4, -0.2) is 27.7 Å². The molecule has 5 nitrogen and oxygen atoms in total. The van der Waals surface area contributed by atoms with Crippen molar-refractivity contribution < 1.29 is 4.74 Å². The molecule has 2 N–H and O–H groups in total. The lowest BCUT2D eigenvalue weighted by Crippen LogP contribution is -2.11. The highest BCUT2D eigenvalue weighted by atomic mass is 16.5. The van der Waals surface area contributed by atoms with E-state index in [1.165, 1.54) is 5.56 Å². The number of ether oxygens (including phenoxy) is 1. The van der Waals surface area contributed by atoms with Crippen LogP contribution >= 0.6 is 0 Å². The Kier molecular flexibility index (Phi) is 6.60. The van der Waals surface area contributed by atoms with Crippen molar-refractivity contribution in [3.63, 3.8) is 0 Å². The highest BCUT2D eigenvalue weighted by Gasteiger charge is 2.16. The van der Waals surface area contributed by atoms with Crippen LogP contribution in [0, 0.1) is 0 Å². The van der Waals surface area contributed by atoms with Crippen molar-refractivity contribution >= 4 is 27.8 Å². The number of benzene rings is 2. The number of para-hydroxylation sites is 1. The third-order valence-electron chi connectivity index (χ3n) is 5.50. The molecule has 0 spiro atoms. The summed E-state index contributed by atoms with van der Waals surface area (Å²) in [5.41, 5.74) is 10.4. The molecule has 30 heavy (non-hydrogen) atoms. The summed E-state index contributed by atoms with van der Waals surface area (Å²) >= 11 is 0. The van der Waals surface area contributed by atoms with Crippen LogP contribution in [0.2, 0.25) is 0 Å². The standard InChI is InChI=1S/C25H30N4O/c1-2-3-15-22-28-23-24(20-13-7-8-14-21(20)27-25(23)26)29(22)16-18-30-17-9-12-19-10-5-4-6-11-19/h4-8,10-11,13-14H,2-3,9,12,15-18H2,1H3,(H2,26,27). The van der Waals surface area contributed by atoms with Crippen molar-refractivity contribution in [2.24, 2.45) is 0 Å². The van der Waals surface area contributed by atoms with Gasteiger partial charge in [-0.25, -0.2) is 9.97 Å². The molecule has 0 unspecified atom stereocenters. The predicted octanol–water partition coefficient (Wildman–Crippen LogP) is 5.16. The first-order chi connectivity index (χ1) is 14.8. The molecule has 4 rings (SSSR count). The van der Waals surface area contributed by atoms with Crippen LogP contribution in [0.15, 0.2) is 54.6 Å². The summed E-state index contributed by atoms with van der Waals surface area (Å²) in [6.45, 7) is 4.40. The SMILES string of the molecule is CCCCc1nc2c(N)nc3ccccc3c2n1CCOCCCc1ccccc1. The largest absolute Gasteiger partial charge is 0.382 e. The summed E-state index contributed by atoms with van der Waals surface area (Å²) < 4.78 is 8.28. The van der Waals surface area contributed by atoms with Crippen molar-refractivity contribution in [2.45, 2.75) is 45.6 Å². The number of nitrogen functional groups attached to an aromatic ring is 1. The molecular weight excluding hydrogens is 372 g/mol. The van der Waals surface area contributed by atoms with Gasteiger partial charge in [-0.1, -0.05) is 61.9 Å². The number of hydrogen-bond acceptors (Lipinski definition) is 4. The van der Waals surface area contributed by atoms with Crippen molar-refractivity contribution in [3.8, 4) is 0 Å². The van der Waals surface area contributed by atoms with E-state index in [2.05, 4.69) is 52.9 Å². The Bertz CT molecular complexity index is 1100. The van der Waals surface area contributed by atoms with Gasteiger partial charge in [0.2, 0.25) is 0 Å². The Morgan fingerprint density at radius 3 is 2.53 bits per heavy atom. The number of unbranched alkanes of at least 4 members (excludes halogenated alkanes) is 1. The average Bonchev–Trinajstić information content (AvgIpc) is 3.15. The number of imidazole rings is 1. The molecule has 5 heteroatoms. The fourth-order valence-corrected chi connectivity index (χ4v) is 3.95. The van der Waals surface area contributed by atoms with Crippen molar-refractivity contribution in [1.82, 2.24) is 14.5 Å². The number of nitrogens with two attached hydrogens (primary N) is 1. The van der Waals surface area contributed by atoms with Gasteiger partial charge in [0.1, 0.15) is 11.3 Å². The summed E-state index contributed by atoms with van der Waals surface area (Å²) in [5, 5.41) is 1.10. The van der Waals surface area contributed by atoms with E-state index in [1.807, 2.05) is 18.2 Å². The molecule has 0 radical (unpaired) electrons. The van der Waals surface area contributed by atoms with Gasteiger partial charge >= 0.3 is 0 Å². The molecule has 0 fully saturated rings. The number of hydrogen-bond donors (Lipinski definition) is 1. The number of pyridine rings is 1. The molecule has 0 bridgehead atoms. The fourth-order valence-electron chi connectivity index (χ4n) is 3.95. The van der Waals surface area contributed by atoms with Crippen LogP contribution in [0.25, 0.3) is 21.9 Å². The second kappa shape index (κ2) is 9.72. The molecule has 2 aromatic carbocycles. The van der Waals surface area contributed by atoms with Crippen LogP contribution < -0.4 is 5.73 Å². The lowest BCUT2D eigenvalue weighted by atomic mass is 10.1. The summed E-state index contributed by atoms with van der Waals surface area (Å²) in [6, 6.07) is 18.7. The third kappa shape index (κ3) is 4.46. The second-order valence-corrected chi connectivity index (χ2v) is 7.70. The first-order valence-electron chi connectivity index (χ1n) is 10.9. The maximum Gasteiger partial charge on any atom is 0.152 e. The summed E-state index contributed by atoms with van der Waals surface area (Å²) in [4.78, 5) is 9.43. The lowest BCUT2D eigenvalue weighted by molar-refractivity contribution is 0.124. The van der Waals surface area contributed by atoms with Crippen molar-refractivity contribution in [1.29, 1.82) is 0 Å². The van der Waals surface area contributed by atoms with Gasteiger partial charge in [0.15, 0.2) is 5.82 Å². The molecule has 2 aromatic heterocycles. The summed E-state index contributed by atoms with van der Waals surface area (Å²) in [5.74, 6) is 1.58.